The Hall–Kier alpha value is -1.42. The summed E-state index contributed by atoms with van der Waals surface area (Å²) in [5, 5.41) is 14.5. The molecule has 0 amide bonds. The minimum Gasteiger partial charge on any atom is -0.307 e. The van der Waals surface area contributed by atoms with Crippen LogP contribution in [0.15, 0.2) is 24.3 Å². The summed E-state index contributed by atoms with van der Waals surface area (Å²) < 4.78 is 0. The van der Waals surface area contributed by atoms with Crippen molar-refractivity contribution in [3.8, 4) is 0 Å². The zero-order valence-corrected chi connectivity index (χ0v) is 11.3. The lowest BCUT2D eigenvalue weighted by molar-refractivity contribution is -0.385. The maximum absolute atomic E-state index is 11.0. The Balaban J connectivity index is 2.83. The molecule has 0 radical (unpaired) electrons. The third kappa shape index (κ3) is 3.81. The summed E-state index contributed by atoms with van der Waals surface area (Å²) in [7, 11) is 0. The van der Waals surface area contributed by atoms with Crippen LogP contribution in [0.3, 0.4) is 0 Å². The fraction of sp³-hybridized carbons (Fsp3) is 0.571. The van der Waals surface area contributed by atoms with Gasteiger partial charge in [-0.3, -0.25) is 10.1 Å². The van der Waals surface area contributed by atoms with Crippen molar-refractivity contribution in [2.75, 3.05) is 0 Å². The first-order valence-electron chi connectivity index (χ1n) is 6.59. The van der Waals surface area contributed by atoms with Crippen molar-refractivity contribution in [1.82, 2.24) is 5.32 Å². The Labute approximate surface area is 109 Å². The Morgan fingerprint density at radius 1 is 1.33 bits per heavy atom. The lowest BCUT2D eigenvalue weighted by Crippen LogP contribution is -2.31. The van der Waals surface area contributed by atoms with Crippen LogP contribution < -0.4 is 5.32 Å². The summed E-state index contributed by atoms with van der Waals surface area (Å²) in [6.45, 7) is 6.28. The molecule has 0 saturated carbocycles. The molecule has 0 spiro atoms. The van der Waals surface area contributed by atoms with Crippen LogP contribution in [-0.4, -0.2) is 11.0 Å². The van der Waals surface area contributed by atoms with Crippen LogP contribution in [0.1, 0.15) is 51.6 Å². The molecular formula is C14H22N2O2. The van der Waals surface area contributed by atoms with Crippen molar-refractivity contribution in [1.29, 1.82) is 0 Å². The molecule has 18 heavy (non-hydrogen) atoms. The van der Waals surface area contributed by atoms with Gasteiger partial charge in [0.1, 0.15) is 0 Å². The van der Waals surface area contributed by atoms with Gasteiger partial charge in [-0.25, -0.2) is 0 Å². The van der Waals surface area contributed by atoms with Crippen LogP contribution in [0, 0.1) is 10.1 Å². The molecule has 0 aromatic heterocycles. The standard InChI is InChI=1S/C14H22N2O2/c1-4-8-12(5-2)15-11(3)13-9-6-7-10-14(13)16(17)18/h6-7,9-12,15H,4-5,8H2,1-3H3. The molecule has 4 nitrogen and oxygen atoms in total. The Morgan fingerprint density at radius 2 is 2.00 bits per heavy atom. The quantitative estimate of drug-likeness (QED) is 0.591. The van der Waals surface area contributed by atoms with Crippen LogP contribution in [0.5, 0.6) is 0 Å². The SMILES string of the molecule is CCCC(CC)NC(C)c1ccccc1[N+](=O)[O-]. The summed E-state index contributed by atoms with van der Waals surface area (Å²) >= 11 is 0. The normalized spacial score (nSPS) is 14.2. The predicted molar refractivity (Wildman–Crippen MR) is 73.6 cm³/mol. The van der Waals surface area contributed by atoms with Gasteiger partial charge in [0.25, 0.3) is 5.69 Å². The molecule has 0 aliphatic heterocycles. The summed E-state index contributed by atoms with van der Waals surface area (Å²) in [5.41, 5.74) is 0.959. The van der Waals surface area contributed by atoms with Crippen molar-refractivity contribution in [3.05, 3.63) is 39.9 Å². The molecule has 0 heterocycles. The molecule has 1 N–H and O–H groups in total. The second-order valence-corrected chi connectivity index (χ2v) is 4.60. The number of para-hydroxylation sites is 1. The molecule has 2 unspecified atom stereocenters. The van der Waals surface area contributed by atoms with Crippen LogP contribution in [0.4, 0.5) is 5.69 Å². The summed E-state index contributed by atoms with van der Waals surface area (Å²) in [6, 6.07) is 7.37. The first-order valence-corrected chi connectivity index (χ1v) is 6.59. The molecule has 0 fully saturated rings. The van der Waals surface area contributed by atoms with E-state index in [0.717, 1.165) is 24.8 Å². The van der Waals surface area contributed by atoms with Gasteiger partial charge < -0.3 is 5.32 Å². The van der Waals surface area contributed by atoms with Crippen molar-refractivity contribution in [2.45, 2.75) is 52.1 Å². The second kappa shape index (κ2) is 7.11. The average Bonchev–Trinajstić information content (AvgIpc) is 2.38. The van der Waals surface area contributed by atoms with E-state index in [1.807, 2.05) is 19.1 Å². The molecule has 0 aliphatic carbocycles. The first-order chi connectivity index (χ1) is 8.60. The Morgan fingerprint density at radius 3 is 2.56 bits per heavy atom. The molecule has 4 heteroatoms. The molecule has 0 bridgehead atoms. The molecule has 1 rings (SSSR count). The maximum Gasteiger partial charge on any atom is 0.274 e. The number of benzene rings is 1. The van der Waals surface area contributed by atoms with Gasteiger partial charge >= 0.3 is 0 Å². The van der Waals surface area contributed by atoms with E-state index >= 15 is 0 Å². The van der Waals surface area contributed by atoms with Crippen LogP contribution in [0.2, 0.25) is 0 Å². The van der Waals surface area contributed by atoms with Gasteiger partial charge in [-0.15, -0.1) is 0 Å². The zero-order valence-electron chi connectivity index (χ0n) is 11.3. The van der Waals surface area contributed by atoms with E-state index in [2.05, 4.69) is 19.2 Å². The van der Waals surface area contributed by atoms with Gasteiger partial charge in [-0.05, 0) is 19.8 Å². The largest absolute Gasteiger partial charge is 0.307 e. The predicted octanol–water partition coefficient (Wildman–Crippen LogP) is 3.82. The number of nitro benzene ring substituents is 1. The number of rotatable bonds is 7. The van der Waals surface area contributed by atoms with E-state index in [4.69, 9.17) is 0 Å². The fourth-order valence-corrected chi connectivity index (χ4v) is 2.22. The molecule has 0 aliphatic rings. The van der Waals surface area contributed by atoms with Crippen LogP contribution in [0.25, 0.3) is 0 Å². The monoisotopic (exact) mass is 250 g/mol. The van der Waals surface area contributed by atoms with E-state index in [0.29, 0.717) is 6.04 Å². The highest BCUT2D eigenvalue weighted by molar-refractivity contribution is 5.41. The van der Waals surface area contributed by atoms with Crippen molar-refractivity contribution < 1.29 is 4.92 Å². The van der Waals surface area contributed by atoms with E-state index in [9.17, 15) is 10.1 Å². The third-order valence-electron chi connectivity index (χ3n) is 3.22. The number of nitrogens with one attached hydrogen (secondary N) is 1. The number of hydrogen-bond acceptors (Lipinski definition) is 3. The fourth-order valence-electron chi connectivity index (χ4n) is 2.22. The zero-order chi connectivity index (χ0) is 13.5. The van der Waals surface area contributed by atoms with Crippen LogP contribution in [-0.2, 0) is 0 Å². The van der Waals surface area contributed by atoms with Gasteiger partial charge in [-0.1, -0.05) is 38.5 Å². The highest BCUT2D eigenvalue weighted by atomic mass is 16.6. The summed E-state index contributed by atoms with van der Waals surface area (Å²) in [6.07, 6.45) is 3.26. The molecule has 100 valence electrons. The number of nitrogens with zero attached hydrogens (tertiary/aromatic N) is 1. The first kappa shape index (κ1) is 14.6. The Kier molecular flexibility index (Phi) is 5.78. The number of hydrogen-bond donors (Lipinski definition) is 1. The summed E-state index contributed by atoms with van der Waals surface area (Å²) in [4.78, 5) is 10.7. The van der Waals surface area contributed by atoms with E-state index < -0.39 is 0 Å². The highest BCUT2D eigenvalue weighted by Crippen LogP contribution is 2.25. The topological polar surface area (TPSA) is 55.2 Å². The number of nitro groups is 1. The summed E-state index contributed by atoms with van der Waals surface area (Å²) in [5.74, 6) is 0. The van der Waals surface area contributed by atoms with Gasteiger partial charge in [-0.2, -0.15) is 0 Å². The van der Waals surface area contributed by atoms with Gasteiger partial charge in [0.15, 0.2) is 0 Å². The van der Waals surface area contributed by atoms with E-state index in [-0.39, 0.29) is 16.7 Å². The van der Waals surface area contributed by atoms with Gasteiger partial charge in [0.05, 0.1) is 4.92 Å². The van der Waals surface area contributed by atoms with Crippen molar-refractivity contribution in [3.63, 3.8) is 0 Å². The molecule has 1 aromatic rings. The minimum absolute atomic E-state index is 0.00287. The van der Waals surface area contributed by atoms with Crippen LogP contribution >= 0.6 is 0 Å². The second-order valence-electron chi connectivity index (χ2n) is 4.60. The molecule has 0 saturated heterocycles. The maximum atomic E-state index is 11.0. The minimum atomic E-state index is -0.311. The smallest absolute Gasteiger partial charge is 0.274 e. The molecular weight excluding hydrogens is 228 g/mol. The third-order valence-corrected chi connectivity index (χ3v) is 3.22. The lowest BCUT2D eigenvalue weighted by atomic mass is 10.0. The van der Waals surface area contributed by atoms with Crippen molar-refractivity contribution in [2.24, 2.45) is 0 Å². The average molecular weight is 250 g/mol. The van der Waals surface area contributed by atoms with Crippen molar-refractivity contribution >= 4 is 5.69 Å². The molecule has 1 aromatic carbocycles. The van der Waals surface area contributed by atoms with Gasteiger partial charge in [0.2, 0.25) is 0 Å². The van der Waals surface area contributed by atoms with E-state index in [1.165, 1.54) is 0 Å². The van der Waals surface area contributed by atoms with Gasteiger partial charge in [0, 0.05) is 23.7 Å². The highest BCUT2D eigenvalue weighted by Gasteiger charge is 2.19. The van der Waals surface area contributed by atoms with E-state index in [1.54, 1.807) is 12.1 Å². The lowest BCUT2D eigenvalue weighted by Gasteiger charge is -2.22. The Bertz CT molecular complexity index is 393. The molecule has 2 atom stereocenters.